The van der Waals surface area contributed by atoms with Gasteiger partial charge in [-0.1, -0.05) is 66.7 Å². The van der Waals surface area contributed by atoms with Crippen LogP contribution < -0.4 is 19.7 Å². The highest BCUT2D eigenvalue weighted by molar-refractivity contribution is 6.39. The van der Waals surface area contributed by atoms with Crippen LogP contribution in [0.3, 0.4) is 0 Å². The number of barbiturate groups is 1. The van der Waals surface area contributed by atoms with Gasteiger partial charge in [0, 0.05) is 11.1 Å². The van der Waals surface area contributed by atoms with Crippen LogP contribution in [0.5, 0.6) is 11.5 Å². The zero-order chi connectivity index (χ0) is 28.5. The van der Waals surface area contributed by atoms with Crippen LogP contribution >= 0.6 is 0 Å². The molecule has 4 amide bonds. The number of nitrogens with zero attached hydrogens (tertiary/aromatic N) is 1. The molecule has 0 radical (unpaired) electrons. The molecule has 0 bridgehead atoms. The maximum atomic E-state index is 13.6. The molecule has 202 valence electrons. The number of carbonyl (C=O) groups is 3. The smallest absolute Gasteiger partial charge is 0.335 e. The van der Waals surface area contributed by atoms with E-state index in [0.29, 0.717) is 22.7 Å². The predicted molar refractivity (Wildman–Crippen MR) is 159 cm³/mol. The number of methoxy groups -OCH3 is 1. The van der Waals surface area contributed by atoms with Crippen molar-refractivity contribution in [1.29, 1.82) is 0 Å². The number of benzene rings is 5. The minimum atomic E-state index is -0.817. The van der Waals surface area contributed by atoms with Gasteiger partial charge in [0.15, 0.2) is 0 Å². The van der Waals surface area contributed by atoms with Gasteiger partial charge in [0.05, 0.1) is 12.8 Å². The summed E-state index contributed by atoms with van der Waals surface area (Å²) in [5.74, 6) is -0.414. The summed E-state index contributed by atoms with van der Waals surface area (Å²) in [6.07, 6.45) is 1.51. The summed E-state index contributed by atoms with van der Waals surface area (Å²) >= 11 is 0. The number of amides is 4. The Morgan fingerprint density at radius 3 is 2.17 bits per heavy atom. The molecule has 1 heterocycles. The van der Waals surface area contributed by atoms with Crippen molar-refractivity contribution in [1.82, 2.24) is 5.32 Å². The molecule has 6 rings (SSSR count). The van der Waals surface area contributed by atoms with Crippen molar-refractivity contribution in [3.8, 4) is 11.5 Å². The molecule has 5 aromatic carbocycles. The van der Waals surface area contributed by atoms with E-state index in [9.17, 15) is 14.4 Å². The number of fused-ring (bicyclic) bond motifs is 2. The number of aryl methyl sites for hydroxylation is 1. The maximum Gasteiger partial charge on any atom is 0.335 e. The van der Waals surface area contributed by atoms with E-state index in [4.69, 9.17) is 9.47 Å². The van der Waals surface area contributed by atoms with E-state index in [2.05, 4.69) is 29.6 Å². The van der Waals surface area contributed by atoms with Crippen LogP contribution in [-0.2, 0) is 16.2 Å². The molecule has 1 saturated heterocycles. The van der Waals surface area contributed by atoms with E-state index in [1.54, 1.807) is 24.3 Å². The number of anilines is 1. The molecule has 1 fully saturated rings. The highest BCUT2D eigenvalue weighted by atomic mass is 16.5. The van der Waals surface area contributed by atoms with Crippen LogP contribution in [0.15, 0.2) is 103 Å². The molecule has 7 nitrogen and oxygen atoms in total. The lowest BCUT2D eigenvalue weighted by Crippen LogP contribution is -2.54. The third kappa shape index (κ3) is 4.78. The predicted octanol–water partition coefficient (Wildman–Crippen LogP) is 6.56. The number of imide groups is 2. The number of hydrogen-bond donors (Lipinski definition) is 1. The van der Waals surface area contributed by atoms with E-state index in [0.717, 1.165) is 37.6 Å². The Morgan fingerprint density at radius 2 is 1.44 bits per heavy atom. The first kappa shape index (κ1) is 25.8. The topological polar surface area (TPSA) is 84.9 Å². The summed E-state index contributed by atoms with van der Waals surface area (Å²) in [7, 11) is 1.53. The van der Waals surface area contributed by atoms with Crippen molar-refractivity contribution < 1.29 is 23.9 Å². The van der Waals surface area contributed by atoms with Gasteiger partial charge in [0.2, 0.25) is 0 Å². The summed E-state index contributed by atoms with van der Waals surface area (Å²) in [6.45, 7) is 2.34. The van der Waals surface area contributed by atoms with Crippen molar-refractivity contribution in [3.63, 3.8) is 0 Å². The van der Waals surface area contributed by atoms with E-state index >= 15 is 0 Å². The van der Waals surface area contributed by atoms with E-state index in [1.165, 1.54) is 13.2 Å². The van der Waals surface area contributed by atoms with Crippen LogP contribution in [0.1, 0.15) is 16.7 Å². The number of rotatable bonds is 6. The summed E-state index contributed by atoms with van der Waals surface area (Å²) in [5.41, 5.74) is 2.86. The first-order valence-electron chi connectivity index (χ1n) is 13.1. The highest BCUT2D eigenvalue weighted by Crippen LogP contribution is 2.33. The number of carbonyl (C=O) groups excluding carboxylic acids is 3. The van der Waals surface area contributed by atoms with E-state index < -0.39 is 17.8 Å². The zero-order valence-corrected chi connectivity index (χ0v) is 22.5. The second kappa shape index (κ2) is 10.6. The summed E-state index contributed by atoms with van der Waals surface area (Å²) in [6, 6.07) is 29.4. The van der Waals surface area contributed by atoms with Crippen molar-refractivity contribution >= 4 is 51.2 Å². The van der Waals surface area contributed by atoms with Gasteiger partial charge >= 0.3 is 6.03 Å². The summed E-state index contributed by atoms with van der Waals surface area (Å²) in [4.78, 5) is 40.3. The molecule has 41 heavy (non-hydrogen) atoms. The molecular weight excluding hydrogens is 516 g/mol. The molecule has 0 aromatic heterocycles. The number of nitrogens with one attached hydrogen (secondary N) is 1. The van der Waals surface area contributed by atoms with Crippen molar-refractivity contribution in [2.75, 3.05) is 12.0 Å². The summed E-state index contributed by atoms with van der Waals surface area (Å²) in [5, 5.41) is 6.24. The third-order valence-corrected chi connectivity index (χ3v) is 7.30. The SMILES string of the molecule is COc1ccc(N2C(=O)NC(=O)/C(=C\c3c(OCc4c(C)ccc5ccccc45)ccc4ccccc34)C2=O)cc1. The molecule has 0 saturated carbocycles. The minimum absolute atomic E-state index is 0.178. The van der Waals surface area contributed by atoms with E-state index in [-0.39, 0.29) is 12.2 Å². The molecule has 0 atom stereocenters. The Kier molecular flexibility index (Phi) is 6.69. The van der Waals surface area contributed by atoms with Crippen molar-refractivity contribution in [2.45, 2.75) is 13.5 Å². The van der Waals surface area contributed by atoms with Gasteiger partial charge in [-0.2, -0.15) is 0 Å². The summed E-state index contributed by atoms with van der Waals surface area (Å²) < 4.78 is 11.6. The molecule has 0 aliphatic carbocycles. The minimum Gasteiger partial charge on any atom is -0.497 e. The van der Waals surface area contributed by atoms with Crippen LogP contribution in [-0.4, -0.2) is 25.0 Å². The molecule has 7 heteroatoms. The normalized spacial score (nSPS) is 14.5. The van der Waals surface area contributed by atoms with Gasteiger partial charge in [-0.3, -0.25) is 14.9 Å². The second-order valence-electron chi connectivity index (χ2n) is 9.73. The molecule has 0 unspecified atom stereocenters. The Balaban J connectivity index is 1.42. The van der Waals surface area contributed by atoms with Crippen LogP contribution in [0.2, 0.25) is 0 Å². The quantitative estimate of drug-likeness (QED) is 0.194. The number of urea groups is 1. The average molecular weight is 543 g/mol. The van der Waals surface area contributed by atoms with Gasteiger partial charge in [-0.05, 0) is 70.4 Å². The Hall–Kier alpha value is -5.43. The van der Waals surface area contributed by atoms with Gasteiger partial charge in [-0.15, -0.1) is 0 Å². The van der Waals surface area contributed by atoms with Gasteiger partial charge in [0.1, 0.15) is 23.7 Å². The van der Waals surface area contributed by atoms with Crippen LogP contribution in [0, 0.1) is 6.92 Å². The lowest BCUT2D eigenvalue weighted by Gasteiger charge is -2.26. The Morgan fingerprint density at radius 1 is 0.780 bits per heavy atom. The lowest BCUT2D eigenvalue weighted by atomic mass is 9.99. The molecule has 1 N–H and O–H groups in total. The first-order valence-corrected chi connectivity index (χ1v) is 13.1. The largest absolute Gasteiger partial charge is 0.497 e. The fourth-order valence-electron chi connectivity index (χ4n) is 5.10. The number of ether oxygens (including phenoxy) is 2. The average Bonchev–Trinajstić information content (AvgIpc) is 2.99. The molecule has 1 aliphatic rings. The molecule has 0 spiro atoms. The van der Waals surface area contributed by atoms with E-state index in [1.807, 2.05) is 55.5 Å². The van der Waals surface area contributed by atoms with Gasteiger partial charge < -0.3 is 9.47 Å². The van der Waals surface area contributed by atoms with Crippen molar-refractivity contribution in [3.05, 3.63) is 119 Å². The number of hydrogen-bond acceptors (Lipinski definition) is 5. The molecule has 5 aromatic rings. The standard InChI is InChI=1S/C34H26N2O5/c1-21-11-12-22-7-4-6-10-27(22)30(21)20-41-31-18-13-23-8-3-5-9-26(23)28(31)19-29-32(37)35-34(39)36(33(29)38)24-14-16-25(40-2)17-15-24/h3-19H,20H2,1-2H3,(H,35,37,39)/b29-19+. The Bertz CT molecular complexity index is 1870. The van der Waals surface area contributed by atoms with Crippen LogP contribution in [0.4, 0.5) is 10.5 Å². The Labute approximate surface area is 236 Å². The fourth-order valence-corrected chi connectivity index (χ4v) is 5.10. The fraction of sp³-hybridized carbons (Fsp3) is 0.0882. The maximum absolute atomic E-state index is 13.6. The first-order chi connectivity index (χ1) is 19.9. The molecule has 1 aliphatic heterocycles. The second-order valence-corrected chi connectivity index (χ2v) is 9.73. The van der Waals surface area contributed by atoms with Gasteiger partial charge in [0.25, 0.3) is 11.8 Å². The molecular formula is C34H26N2O5. The third-order valence-electron chi connectivity index (χ3n) is 7.30. The lowest BCUT2D eigenvalue weighted by molar-refractivity contribution is -0.122. The monoisotopic (exact) mass is 542 g/mol. The highest BCUT2D eigenvalue weighted by Gasteiger charge is 2.37. The van der Waals surface area contributed by atoms with Crippen molar-refractivity contribution in [2.24, 2.45) is 0 Å². The van der Waals surface area contributed by atoms with Gasteiger partial charge in [-0.25, -0.2) is 9.69 Å². The zero-order valence-electron chi connectivity index (χ0n) is 22.5. The van der Waals surface area contributed by atoms with Crippen LogP contribution in [0.25, 0.3) is 27.6 Å².